The molecule has 1 heterocycles. The maximum absolute atomic E-state index is 9.71. The molecule has 1 aliphatic heterocycles. The molecule has 2 nitrogen and oxygen atoms in total. The van der Waals surface area contributed by atoms with Crippen molar-refractivity contribution in [1.29, 1.82) is 0 Å². The van der Waals surface area contributed by atoms with Crippen LogP contribution in [-0.4, -0.2) is 11.3 Å². The number of phenols is 1. The van der Waals surface area contributed by atoms with Crippen LogP contribution >= 0.6 is 15.9 Å². The van der Waals surface area contributed by atoms with Crippen molar-refractivity contribution >= 4 is 27.7 Å². The van der Waals surface area contributed by atoms with Crippen molar-refractivity contribution in [2.75, 3.05) is 0 Å². The monoisotopic (exact) mass is 237 g/mol. The second kappa shape index (κ2) is 3.34. The normalized spacial score (nSPS) is 14.7. The highest BCUT2D eigenvalue weighted by Crippen LogP contribution is 2.34. The Hall–Kier alpha value is -1.09. The van der Waals surface area contributed by atoms with Gasteiger partial charge in [0.15, 0.2) is 0 Å². The summed E-state index contributed by atoms with van der Waals surface area (Å²) >= 11 is 3.28. The number of aliphatic imine (C=N–C) groups is 1. The number of halogens is 1. The molecule has 0 unspecified atom stereocenters. The van der Waals surface area contributed by atoms with Crippen molar-refractivity contribution in [2.45, 2.75) is 6.42 Å². The number of benzene rings is 1. The molecule has 1 N–H and O–H groups in total. The lowest BCUT2D eigenvalue weighted by molar-refractivity contribution is 0.470. The predicted molar refractivity (Wildman–Crippen MR) is 56.9 cm³/mol. The van der Waals surface area contributed by atoms with Crippen molar-refractivity contribution in [3.63, 3.8) is 0 Å². The molecule has 1 aliphatic rings. The molecule has 0 aromatic heterocycles. The number of hydrogen-bond acceptors (Lipinski definition) is 2. The van der Waals surface area contributed by atoms with Gasteiger partial charge in [0.2, 0.25) is 0 Å². The fourth-order valence-corrected chi connectivity index (χ4v) is 1.67. The average molecular weight is 238 g/mol. The van der Waals surface area contributed by atoms with Gasteiger partial charge in [-0.25, -0.2) is 0 Å². The van der Waals surface area contributed by atoms with E-state index in [-0.39, 0.29) is 0 Å². The number of hydrogen-bond donors (Lipinski definition) is 1. The van der Waals surface area contributed by atoms with Crippen molar-refractivity contribution in [1.82, 2.24) is 0 Å². The largest absolute Gasteiger partial charge is 0.506 e. The van der Waals surface area contributed by atoms with E-state index in [1.165, 1.54) is 0 Å². The fourth-order valence-electron chi connectivity index (χ4n) is 1.30. The predicted octanol–water partition coefficient (Wildman–Crippen LogP) is 2.97. The van der Waals surface area contributed by atoms with Crippen LogP contribution in [0.2, 0.25) is 0 Å². The molecular weight excluding hydrogens is 230 g/mol. The summed E-state index contributed by atoms with van der Waals surface area (Å²) in [6, 6.07) is 5.61. The molecule has 3 heteroatoms. The lowest BCUT2D eigenvalue weighted by Gasteiger charge is -2.05. The van der Waals surface area contributed by atoms with E-state index in [0.29, 0.717) is 5.75 Å². The molecule has 0 saturated carbocycles. The van der Waals surface area contributed by atoms with Gasteiger partial charge in [-0.2, -0.15) is 0 Å². The molecule has 0 atom stereocenters. The lowest BCUT2D eigenvalue weighted by atomic mass is 10.0. The topological polar surface area (TPSA) is 32.6 Å². The molecule has 0 amide bonds. The molecule has 1 aromatic carbocycles. The highest BCUT2D eigenvalue weighted by Gasteiger charge is 2.10. The van der Waals surface area contributed by atoms with E-state index in [4.69, 9.17) is 0 Å². The second-order valence-electron chi connectivity index (χ2n) is 2.83. The van der Waals surface area contributed by atoms with E-state index >= 15 is 0 Å². The summed E-state index contributed by atoms with van der Waals surface area (Å²) < 4.78 is 0.720. The Labute approximate surface area is 84.8 Å². The van der Waals surface area contributed by atoms with Gasteiger partial charge in [0.1, 0.15) is 5.75 Å². The Morgan fingerprint density at radius 1 is 1.38 bits per heavy atom. The lowest BCUT2D eigenvalue weighted by Crippen LogP contribution is -1.83. The van der Waals surface area contributed by atoms with Crippen LogP contribution < -0.4 is 0 Å². The second-order valence-corrected chi connectivity index (χ2v) is 3.68. The number of aromatic hydroxyl groups is 1. The Balaban J connectivity index is 2.46. The van der Waals surface area contributed by atoms with Crippen LogP contribution in [0.5, 0.6) is 5.75 Å². The summed E-state index contributed by atoms with van der Waals surface area (Å²) in [5, 5.41) is 9.71. The third kappa shape index (κ3) is 1.52. The van der Waals surface area contributed by atoms with Gasteiger partial charge in [-0.05, 0) is 27.6 Å². The SMILES string of the molecule is Oc1c(Br)cccc1C1=CN=CC1. The summed E-state index contributed by atoms with van der Waals surface area (Å²) in [6.07, 6.45) is 4.40. The third-order valence-corrected chi connectivity index (χ3v) is 2.62. The van der Waals surface area contributed by atoms with E-state index in [1.54, 1.807) is 6.20 Å². The molecule has 66 valence electrons. The molecule has 0 saturated heterocycles. The van der Waals surface area contributed by atoms with Crippen molar-refractivity contribution in [3.05, 3.63) is 34.4 Å². The van der Waals surface area contributed by atoms with Crippen LogP contribution in [0.1, 0.15) is 12.0 Å². The Bertz CT molecular complexity index is 396. The fraction of sp³-hybridized carbons (Fsp3) is 0.100. The molecule has 1 aromatic rings. The first kappa shape index (κ1) is 8.51. The number of phenolic OH excluding ortho intramolecular Hbond substituents is 1. The summed E-state index contributed by atoms with van der Waals surface area (Å²) in [5.74, 6) is 0.291. The highest BCUT2D eigenvalue weighted by atomic mass is 79.9. The Morgan fingerprint density at radius 2 is 2.23 bits per heavy atom. The minimum Gasteiger partial charge on any atom is -0.506 e. The van der Waals surface area contributed by atoms with Crippen LogP contribution in [0.3, 0.4) is 0 Å². The Kier molecular flexibility index (Phi) is 2.19. The zero-order chi connectivity index (χ0) is 9.26. The summed E-state index contributed by atoms with van der Waals surface area (Å²) in [7, 11) is 0. The summed E-state index contributed by atoms with van der Waals surface area (Å²) in [4.78, 5) is 4.00. The quantitative estimate of drug-likeness (QED) is 0.801. The van der Waals surface area contributed by atoms with Gasteiger partial charge >= 0.3 is 0 Å². The molecule has 0 radical (unpaired) electrons. The van der Waals surface area contributed by atoms with Crippen LogP contribution in [0.15, 0.2) is 33.9 Å². The first-order chi connectivity index (χ1) is 6.29. The van der Waals surface area contributed by atoms with Crippen molar-refractivity contribution < 1.29 is 5.11 Å². The highest BCUT2D eigenvalue weighted by molar-refractivity contribution is 9.10. The Morgan fingerprint density at radius 3 is 2.92 bits per heavy atom. The van der Waals surface area contributed by atoms with Gasteiger partial charge in [-0.15, -0.1) is 0 Å². The van der Waals surface area contributed by atoms with Crippen LogP contribution in [0.4, 0.5) is 0 Å². The van der Waals surface area contributed by atoms with Crippen LogP contribution in [0.25, 0.3) is 5.57 Å². The first-order valence-corrected chi connectivity index (χ1v) is 4.77. The number of nitrogens with zero attached hydrogens (tertiary/aromatic N) is 1. The standard InChI is InChI=1S/C10H8BrNO/c11-9-3-1-2-8(10(9)13)7-4-5-12-6-7/h1-3,5-6,13H,4H2. The van der Waals surface area contributed by atoms with Gasteiger partial charge in [-0.1, -0.05) is 12.1 Å². The summed E-state index contributed by atoms with van der Waals surface area (Å²) in [6.45, 7) is 0. The minimum absolute atomic E-state index is 0.291. The van der Waals surface area contributed by atoms with Gasteiger partial charge in [0.25, 0.3) is 0 Å². The van der Waals surface area contributed by atoms with E-state index in [9.17, 15) is 5.11 Å². The maximum Gasteiger partial charge on any atom is 0.137 e. The smallest absolute Gasteiger partial charge is 0.137 e. The van der Waals surface area contributed by atoms with Crippen LogP contribution in [0, 0.1) is 0 Å². The number of para-hydroxylation sites is 1. The number of allylic oxidation sites excluding steroid dienone is 1. The molecule has 0 bridgehead atoms. The third-order valence-electron chi connectivity index (χ3n) is 1.98. The van der Waals surface area contributed by atoms with Gasteiger partial charge in [0, 0.05) is 24.4 Å². The maximum atomic E-state index is 9.71. The molecular formula is C10H8BrNO. The minimum atomic E-state index is 0.291. The van der Waals surface area contributed by atoms with Gasteiger partial charge < -0.3 is 5.11 Å². The van der Waals surface area contributed by atoms with E-state index in [1.807, 2.05) is 24.4 Å². The summed E-state index contributed by atoms with van der Waals surface area (Å²) in [5.41, 5.74) is 1.91. The van der Waals surface area contributed by atoms with Gasteiger partial charge in [-0.3, -0.25) is 4.99 Å². The number of rotatable bonds is 1. The average Bonchev–Trinajstić information content (AvgIpc) is 2.62. The first-order valence-electron chi connectivity index (χ1n) is 3.97. The zero-order valence-electron chi connectivity index (χ0n) is 6.87. The van der Waals surface area contributed by atoms with E-state index in [0.717, 1.165) is 22.0 Å². The molecule has 0 fully saturated rings. The van der Waals surface area contributed by atoms with Crippen molar-refractivity contribution in [2.24, 2.45) is 4.99 Å². The molecule has 0 aliphatic carbocycles. The molecule has 13 heavy (non-hydrogen) atoms. The van der Waals surface area contributed by atoms with Crippen molar-refractivity contribution in [3.8, 4) is 5.75 Å². The molecule has 0 spiro atoms. The zero-order valence-corrected chi connectivity index (χ0v) is 8.45. The molecule has 2 rings (SSSR count). The van der Waals surface area contributed by atoms with E-state index in [2.05, 4.69) is 20.9 Å². The van der Waals surface area contributed by atoms with Crippen LogP contribution in [-0.2, 0) is 0 Å². The van der Waals surface area contributed by atoms with E-state index < -0.39 is 0 Å². The van der Waals surface area contributed by atoms with Gasteiger partial charge in [0.05, 0.1) is 4.47 Å².